The Morgan fingerprint density at radius 2 is 1.92 bits per heavy atom. The Balaban J connectivity index is 0.00000288. The van der Waals surface area contributed by atoms with Crippen molar-refractivity contribution in [1.82, 2.24) is 15.5 Å². The molecule has 7 heteroatoms. The fourth-order valence-corrected chi connectivity index (χ4v) is 2.78. The number of halogens is 2. The van der Waals surface area contributed by atoms with Crippen molar-refractivity contribution in [2.75, 3.05) is 39.3 Å². The molecule has 1 unspecified atom stereocenters. The first-order valence-electron chi connectivity index (χ1n) is 8.69. The summed E-state index contributed by atoms with van der Waals surface area (Å²) in [6.45, 7) is 9.87. The number of amides is 1. The van der Waals surface area contributed by atoms with Gasteiger partial charge in [-0.1, -0.05) is 13.8 Å². The Kier molecular flexibility index (Phi) is 12.7. The van der Waals surface area contributed by atoms with Crippen LogP contribution in [0.15, 0.2) is 24.3 Å². The Bertz CT molecular complexity index is 476. The van der Waals surface area contributed by atoms with E-state index in [-0.39, 0.29) is 36.8 Å². The molecule has 25 heavy (non-hydrogen) atoms. The lowest BCUT2D eigenvalue weighted by atomic mass is 10.1. The largest absolute Gasteiger partial charge is 0.492 e. The second-order valence-corrected chi connectivity index (χ2v) is 5.92. The SMILES string of the molecule is CCN(CC)CCOc1ccc(C(=O)NC2CCCNC2)cc1.Cl.Cl. The van der Waals surface area contributed by atoms with E-state index in [0.717, 1.165) is 51.3 Å². The van der Waals surface area contributed by atoms with Crippen LogP contribution >= 0.6 is 24.8 Å². The molecule has 1 aromatic carbocycles. The highest BCUT2D eigenvalue weighted by atomic mass is 35.5. The highest BCUT2D eigenvalue weighted by Crippen LogP contribution is 2.13. The van der Waals surface area contributed by atoms with Gasteiger partial charge in [-0.15, -0.1) is 24.8 Å². The van der Waals surface area contributed by atoms with E-state index in [1.165, 1.54) is 0 Å². The summed E-state index contributed by atoms with van der Waals surface area (Å²) in [6.07, 6.45) is 2.16. The minimum absolute atomic E-state index is 0. The number of rotatable bonds is 8. The molecule has 1 fully saturated rings. The number of carbonyl (C=O) groups excluding carboxylic acids is 1. The predicted octanol–water partition coefficient (Wildman–Crippen LogP) is 2.73. The van der Waals surface area contributed by atoms with Gasteiger partial charge in [0.05, 0.1) is 0 Å². The molecule has 5 nitrogen and oxygen atoms in total. The molecule has 0 spiro atoms. The molecule has 1 amide bonds. The molecule has 0 radical (unpaired) electrons. The van der Waals surface area contributed by atoms with Crippen LogP contribution in [0, 0.1) is 0 Å². The molecule has 0 bridgehead atoms. The molecule has 1 atom stereocenters. The molecular formula is C18H31Cl2N3O2. The van der Waals surface area contributed by atoms with E-state index in [2.05, 4.69) is 29.4 Å². The zero-order valence-electron chi connectivity index (χ0n) is 15.1. The Morgan fingerprint density at radius 3 is 2.48 bits per heavy atom. The van der Waals surface area contributed by atoms with Gasteiger partial charge in [-0.3, -0.25) is 4.79 Å². The maximum atomic E-state index is 12.2. The maximum absolute atomic E-state index is 12.2. The molecule has 2 N–H and O–H groups in total. The van der Waals surface area contributed by atoms with E-state index in [4.69, 9.17) is 4.74 Å². The number of nitrogens with zero attached hydrogens (tertiary/aromatic N) is 1. The lowest BCUT2D eigenvalue weighted by Gasteiger charge is -2.23. The third kappa shape index (κ3) is 8.27. The van der Waals surface area contributed by atoms with Crippen molar-refractivity contribution in [3.8, 4) is 5.75 Å². The van der Waals surface area contributed by atoms with Crippen LogP contribution in [0.5, 0.6) is 5.75 Å². The van der Waals surface area contributed by atoms with Gasteiger partial charge in [0, 0.05) is 24.7 Å². The number of piperidine rings is 1. The highest BCUT2D eigenvalue weighted by Gasteiger charge is 2.16. The van der Waals surface area contributed by atoms with Crippen LogP contribution in [0.3, 0.4) is 0 Å². The third-order valence-corrected chi connectivity index (χ3v) is 4.32. The summed E-state index contributed by atoms with van der Waals surface area (Å²) in [5.74, 6) is 0.807. The van der Waals surface area contributed by atoms with Gasteiger partial charge < -0.3 is 20.3 Å². The summed E-state index contributed by atoms with van der Waals surface area (Å²) < 4.78 is 5.74. The molecular weight excluding hydrogens is 361 g/mol. The van der Waals surface area contributed by atoms with Crippen molar-refractivity contribution in [2.45, 2.75) is 32.7 Å². The highest BCUT2D eigenvalue weighted by molar-refractivity contribution is 5.94. The average Bonchev–Trinajstić information content (AvgIpc) is 2.60. The van der Waals surface area contributed by atoms with Crippen molar-refractivity contribution < 1.29 is 9.53 Å². The van der Waals surface area contributed by atoms with Crippen molar-refractivity contribution >= 4 is 30.7 Å². The molecule has 0 aromatic heterocycles. The van der Waals surface area contributed by atoms with E-state index in [0.29, 0.717) is 12.2 Å². The third-order valence-electron chi connectivity index (χ3n) is 4.32. The molecule has 2 rings (SSSR count). The lowest BCUT2D eigenvalue weighted by Crippen LogP contribution is -2.45. The van der Waals surface area contributed by atoms with Crippen LogP contribution in [0.4, 0.5) is 0 Å². The maximum Gasteiger partial charge on any atom is 0.251 e. The number of benzene rings is 1. The van der Waals surface area contributed by atoms with Gasteiger partial charge >= 0.3 is 0 Å². The Labute approximate surface area is 163 Å². The average molecular weight is 392 g/mol. The first-order valence-corrected chi connectivity index (χ1v) is 8.69. The van der Waals surface area contributed by atoms with Crippen LogP contribution in [0.25, 0.3) is 0 Å². The van der Waals surface area contributed by atoms with Crippen molar-refractivity contribution in [3.63, 3.8) is 0 Å². The second-order valence-electron chi connectivity index (χ2n) is 5.92. The number of hydrogen-bond acceptors (Lipinski definition) is 4. The predicted molar refractivity (Wildman–Crippen MR) is 108 cm³/mol. The van der Waals surface area contributed by atoms with Gasteiger partial charge in [-0.2, -0.15) is 0 Å². The topological polar surface area (TPSA) is 53.6 Å². The molecule has 144 valence electrons. The number of hydrogen-bond donors (Lipinski definition) is 2. The van der Waals surface area contributed by atoms with Crippen LogP contribution in [-0.2, 0) is 0 Å². The van der Waals surface area contributed by atoms with Gasteiger partial charge in [0.15, 0.2) is 0 Å². The van der Waals surface area contributed by atoms with E-state index >= 15 is 0 Å². The summed E-state index contributed by atoms with van der Waals surface area (Å²) in [7, 11) is 0. The Hall–Kier alpha value is -1.01. The summed E-state index contributed by atoms with van der Waals surface area (Å²) in [4.78, 5) is 14.5. The van der Waals surface area contributed by atoms with Crippen molar-refractivity contribution in [1.29, 1.82) is 0 Å². The minimum Gasteiger partial charge on any atom is -0.492 e. The monoisotopic (exact) mass is 391 g/mol. The number of likely N-dealkylation sites (N-methyl/N-ethyl adjacent to an activating group) is 1. The van der Waals surface area contributed by atoms with E-state index < -0.39 is 0 Å². The van der Waals surface area contributed by atoms with E-state index in [1.54, 1.807) is 0 Å². The summed E-state index contributed by atoms with van der Waals surface area (Å²) in [6, 6.07) is 7.64. The van der Waals surface area contributed by atoms with Gasteiger partial charge in [0.25, 0.3) is 5.91 Å². The summed E-state index contributed by atoms with van der Waals surface area (Å²) >= 11 is 0. The minimum atomic E-state index is -0.00612. The van der Waals surface area contributed by atoms with Crippen LogP contribution in [0.1, 0.15) is 37.0 Å². The van der Waals surface area contributed by atoms with Crippen LogP contribution < -0.4 is 15.4 Å². The molecule has 0 saturated carbocycles. The van der Waals surface area contributed by atoms with Crippen LogP contribution in [-0.4, -0.2) is 56.2 Å². The molecule has 0 aliphatic carbocycles. The van der Waals surface area contributed by atoms with E-state index in [1.807, 2.05) is 24.3 Å². The molecule has 1 aliphatic rings. The standard InChI is InChI=1S/C18H29N3O2.2ClH/c1-3-21(4-2)12-13-23-17-9-7-15(8-10-17)18(22)20-16-6-5-11-19-14-16;;/h7-10,16,19H,3-6,11-14H2,1-2H3,(H,20,22);2*1H. The molecule has 1 aliphatic heterocycles. The van der Waals surface area contributed by atoms with Gasteiger partial charge in [-0.05, 0) is 56.7 Å². The number of carbonyl (C=O) groups is 1. The van der Waals surface area contributed by atoms with Crippen molar-refractivity contribution in [3.05, 3.63) is 29.8 Å². The zero-order chi connectivity index (χ0) is 16.5. The van der Waals surface area contributed by atoms with Crippen LogP contribution in [0.2, 0.25) is 0 Å². The Morgan fingerprint density at radius 1 is 1.24 bits per heavy atom. The van der Waals surface area contributed by atoms with Gasteiger partial charge in [-0.25, -0.2) is 0 Å². The normalized spacial score (nSPS) is 16.5. The lowest BCUT2D eigenvalue weighted by molar-refractivity contribution is 0.0930. The smallest absolute Gasteiger partial charge is 0.251 e. The second kappa shape index (κ2) is 13.2. The zero-order valence-corrected chi connectivity index (χ0v) is 16.8. The van der Waals surface area contributed by atoms with E-state index in [9.17, 15) is 4.79 Å². The van der Waals surface area contributed by atoms with Crippen molar-refractivity contribution in [2.24, 2.45) is 0 Å². The quantitative estimate of drug-likeness (QED) is 0.715. The first kappa shape index (κ1) is 24.0. The summed E-state index contributed by atoms with van der Waals surface area (Å²) in [5.41, 5.74) is 0.687. The fourth-order valence-electron chi connectivity index (χ4n) is 2.78. The molecule has 1 heterocycles. The number of nitrogens with one attached hydrogen (secondary N) is 2. The first-order chi connectivity index (χ1) is 11.2. The number of ether oxygens (including phenoxy) is 1. The van der Waals surface area contributed by atoms with Gasteiger partial charge in [0.2, 0.25) is 0 Å². The summed E-state index contributed by atoms with van der Waals surface area (Å²) in [5, 5.41) is 6.38. The molecule has 1 saturated heterocycles. The molecule has 1 aromatic rings. The van der Waals surface area contributed by atoms with Gasteiger partial charge in [0.1, 0.15) is 12.4 Å². The fraction of sp³-hybridized carbons (Fsp3) is 0.611.